The molecule has 0 aliphatic heterocycles. The maximum absolute atomic E-state index is 11.9. The van der Waals surface area contributed by atoms with Crippen LogP contribution in [-0.2, 0) is 17.8 Å². The van der Waals surface area contributed by atoms with Crippen molar-refractivity contribution in [3.63, 3.8) is 0 Å². The molecule has 2 N–H and O–H groups in total. The lowest BCUT2D eigenvalue weighted by atomic mass is 10.1. The van der Waals surface area contributed by atoms with Crippen LogP contribution in [0.5, 0.6) is 0 Å². The minimum Gasteiger partial charge on any atom is -0.477 e. The van der Waals surface area contributed by atoms with Crippen LogP contribution in [0, 0.1) is 13.8 Å². The summed E-state index contributed by atoms with van der Waals surface area (Å²) in [7, 11) is 0. The van der Waals surface area contributed by atoms with Crippen LogP contribution in [0.15, 0.2) is 18.3 Å². The summed E-state index contributed by atoms with van der Waals surface area (Å²) < 4.78 is 0. The van der Waals surface area contributed by atoms with Crippen molar-refractivity contribution in [2.24, 2.45) is 0 Å². The molecule has 0 fully saturated rings. The Labute approximate surface area is 125 Å². The van der Waals surface area contributed by atoms with E-state index in [2.05, 4.69) is 15.3 Å². The SMILES string of the molecule is Cc1cccnc1CC(=O)NCc1nc(C)c(C(=O)O)s1. The third-order valence-electron chi connectivity index (χ3n) is 2.92. The number of carbonyl (C=O) groups is 2. The number of hydrogen-bond donors (Lipinski definition) is 2. The van der Waals surface area contributed by atoms with Crippen LogP contribution < -0.4 is 5.32 Å². The molecule has 2 aromatic heterocycles. The molecular formula is C14H15N3O3S. The van der Waals surface area contributed by atoms with Crippen LogP contribution in [0.1, 0.15) is 31.6 Å². The zero-order valence-corrected chi connectivity index (χ0v) is 12.5. The molecule has 0 saturated heterocycles. The normalized spacial score (nSPS) is 10.4. The van der Waals surface area contributed by atoms with Crippen LogP contribution in [0.2, 0.25) is 0 Å². The number of carboxylic acids is 1. The molecule has 0 radical (unpaired) electrons. The zero-order valence-electron chi connectivity index (χ0n) is 11.7. The number of hydrogen-bond acceptors (Lipinski definition) is 5. The van der Waals surface area contributed by atoms with E-state index in [1.807, 2.05) is 19.1 Å². The Morgan fingerprint density at radius 1 is 1.38 bits per heavy atom. The summed E-state index contributed by atoms with van der Waals surface area (Å²) in [6.45, 7) is 3.77. The van der Waals surface area contributed by atoms with Gasteiger partial charge in [-0.3, -0.25) is 9.78 Å². The van der Waals surface area contributed by atoms with Crippen LogP contribution in [0.25, 0.3) is 0 Å². The molecule has 7 heteroatoms. The van der Waals surface area contributed by atoms with Gasteiger partial charge in [0.05, 0.1) is 24.4 Å². The molecule has 1 amide bonds. The fraction of sp³-hybridized carbons (Fsp3) is 0.286. The quantitative estimate of drug-likeness (QED) is 0.877. The summed E-state index contributed by atoms with van der Waals surface area (Å²) in [5.41, 5.74) is 2.17. The van der Waals surface area contributed by atoms with Crippen molar-refractivity contribution in [3.8, 4) is 0 Å². The Morgan fingerprint density at radius 3 is 2.76 bits per heavy atom. The van der Waals surface area contributed by atoms with Gasteiger partial charge in [0.1, 0.15) is 9.88 Å². The van der Waals surface area contributed by atoms with Crippen molar-refractivity contribution in [3.05, 3.63) is 45.2 Å². The summed E-state index contributed by atoms with van der Waals surface area (Å²) in [5, 5.41) is 12.3. The van der Waals surface area contributed by atoms with E-state index in [1.54, 1.807) is 13.1 Å². The molecule has 0 atom stereocenters. The topological polar surface area (TPSA) is 92.2 Å². The number of aryl methyl sites for hydroxylation is 2. The third-order valence-corrected chi connectivity index (χ3v) is 4.06. The first-order chi connectivity index (χ1) is 9.97. The van der Waals surface area contributed by atoms with Crippen LogP contribution in [0.4, 0.5) is 0 Å². The van der Waals surface area contributed by atoms with Crippen molar-refractivity contribution in [1.82, 2.24) is 15.3 Å². The molecule has 0 saturated carbocycles. The number of aromatic nitrogens is 2. The summed E-state index contributed by atoms with van der Waals surface area (Å²) in [4.78, 5) is 31.3. The highest BCUT2D eigenvalue weighted by Gasteiger charge is 2.14. The molecule has 2 aromatic rings. The number of nitrogens with zero attached hydrogens (tertiary/aromatic N) is 2. The van der Waals surface area contributed by atoms with Crippen molar-refractivity contribution >= 4 is 23.2 Å². The van der Waals surface area contributed by atoms with Gasteiger partial charge in [0.25, 0.3) is 0 Å². The van der Waals surface area contributed by atoms with Gasteiger partial charge in [0.2, 0.25) is 5.91 Å². The standard InChI is InChI=1S/C14H15N3O3S/c1-8-4-3-5-15-10(8)6-11(18)16-7-12-17-9(2)13(21-12)14(19)20/h3-5H,6-7H2,1-2H3,(H,16,18)(H,19,20). The monoisotopic (exact) mass is 305 g/mol. The molecule has 2 heterocycles. The van der Waals surface area contributed by atoms with E-state index in [4.69, 9.17) is 5.11 Å². The maximum atomic E-state index is 11.9. The maximum Gasteiger partial charge on any atom is 0.347 e. The van der Waals surface area contributed by atoms with Gasteiger partial charge in [-0.05, 0) is 25.5 Å². The third kappa shape index (κ3) is 3.85. The highest BCUT2D eigenvalue weighted by Crippen LogP contribution is 2.17. The highest BCUT2D eigenvalue weighted by molar-refractivity contribution is 7.13. The zero-order chi connectivity index (χ0) is 15.4. The van der Waals surface area contributed by atoms with Crippen LogP contribution in [0.3, 0.4) is 0 Å². The molecule has 6 nitrogen and oxygen atoms in total. The summed E-state index contributed by atoms with van der Waals surface area (Å²) in [6.07, 6.45) is 1.85. The Kier molecular flexibility index (Phi) is 4.64. The summed E-state index contributed by atoms with van der Waals surface area (Å²) in [6, 6.07) is 3.72. The minimum absolute atomic E-state index is 0.165. The lowest BCUT2D eigenvalue weighted by Crippen LogP contribution is -2.25. The van der Waals surface area contributed by atoms with Gasteiger partial charge in [-0.2, -0.15) is 0 Å². The number of carboxylic acid groups (broad SMARTS) is 1. The molecule has 0 aromatic carbocycles. The van der Waals surface area contributed by atoms with E-state index in [1.165, 1.54) is 0 Å². The van der Waals surface area contributed by atoms with Crippen LogP contribution >= 0.6 is 11.3 Å². The average Bonchev–Trinajstić information content (AvgIpc) is 2.80. The van der Waals surface area contributed by atoms with E-state index in [9.17, 15) is 9.59 Å². The van der Waals surface area contributed by atoms with E-state index in [-0.39, 0.29) is 23.7 Å². The average molecular weight is 305 g/mol. The Morgan fingerprint density at radius 2 is 2.14 bits per heavy atom. The number of rotatable bonds is 5. The smallest absolute Gasteiger partial charge is 0.347 e. The number of pyridine rings is 1. The Bertz CT molecular complexity index is 682. The van der Waals surface area contributed by atoms with Crippen molar-refractivity contribution in [2.75, 3.05) is 0 Å². The van der Waals surface area contributed by atoms with Gasteiger partial charge in [-0.15, -0.1) is 11.3 Å². The fourth-order valence-corrected chi connectivity index (χ4v) is 2.66. The largest absolute Gasteiger partial charge is 0.477 e. The first-order valence-corrected chi connectivity index (χ1v) is 7.16. The van der Waals surface area contributed by atoms with Crippen molar-refractivity contribution in [2.45, 2.75) is 26.8 Å². The lowest BCUT2D eigenvalue weighted by Gasteiger charge is -2.05. The Balaban J connectivity index is 1.94. The predicted octanol–water partition coefficient (Wildman–Crippen LogP) is 1.71. The summed E-state index contributed by atoms with van der Waals surface area (Å²) in [5.74, 6) is -1.16. The van der Waals surface area contributed by atoms with E-state index in [0.29, 0.717) is 10.7 Å². The number of amides is 1. The molecule has 0 unspecified atom stereocenters. The van der Waals surface area contributed by atoms with Gasteiger partial charge >= 0.3 is 5.97 Å². The first kappa shape index (κ1) is 15.1. The van der Waals surface area contributed by atoms with E-state index < -0.39 is 5.97 Å². The van der Waals surface area contributed by atoms with Crippen LogP contribution in [-0.4, -0.2) is 27.0 Å². The number of thiazole rings is 1. The fourth-order valence-electron chi connectivity index (χ4n) is 1.82. The lowest BCUT2D eigenvalue weighted by molar-refractivity contribution is -0.120. The molecule has 0 aliphatic carbocycles. The molecule has 0 spiro atoms. The molecule has 110 valence electrons. The van der Waals surface area contributed by atoms with E-state index >= 15 is 0 Å². The van der Waals surface area contributed by atoms with Gasteiger partial charge in [0, 0.05) is 6.20 Å². The summed E-state index contributed by atoms with van der Waals surface area (Å²) >= 11 is 1.08. The second-order valence-corrected chi connectivity index (χ2v) is 5.63. The van der Waals surface area contributed by atoms with E-state index in [0.717, 1.165) is 22.6 Å². The minimum atomic E-state index is -0.994. The first-order valence-electron chi connectivity index (χ1n) is 6.34. The molecule has 2 rings (SSSR count). The van der Waals surface area contributed by atoms with Gasteiger partial charge < -0.3 is 10.4 Å². The van der Waals surface area contributed by atoms with Gasteiger partial charge in [-0.25, -0.2) is 9.78 Å². The predicted molar refractivity (Wildman–Crippen MR) is 78.3 cm³/mol. The van der Waals surface area contributed by atoms with Gasteiger partial charge in [0.15, 0.2) is 0 Å². The van der Waals surface area contributed by atoms with Gasteiger partial charge in [-0.1, -0.05) is 6.07 Å². The second kappa shape index (κ2) is 6.45. The molecule has 0 bridgehead atoms. The molecule has 0 aliphatic rings. The van der Waals surface area contributed by atoms with Crippen molar-refractivity contribution in [1.29, 1.82) is 0 Å². The highest BCUT2D eigenvalue weighted by atomic mass is 32.1. The molecule has 21 heavy (non-hydrogen) atoms. The Hall–Kier alpha value is -2.28. The number of nitrogens with one attached hydrogen (secondary N) is 1. The molecular weight excluding hydrogens is 290 g/mol. The van der Waals surface area contributed by atoms with Crippen molar-refractivity contribution < 1.29 is 14.7 Å². The number of carbonyl (C=O) groups excluding carboxylic acids is 1. The number of aromatic carboxylic acids is 1. The second-order valence-electron chi connectivity index (χ2n) is 4.55.